The number of rotatable bonds is 0. The van der Waals surface area contributed by atoms with Crippen molar-refractivity contribution in [3.8, 4) is 11.5 Å². The van der Waals surface area contributed by atoms with Crippen molar-refractivity contribution in [2.75, 3.05) is 0 Å². The van der Waals surface area contributed by atoms with Crippen LogP contribution in [-0.2, 0) is 0 Å². The summed E-state index contributed by atoms with van der Waals surface area (Å²) in [7, 11) is 0. The third-order valence-electron chi connectivity index (χ3n) is 4.07. The van der Waals surface area contributed by atoms with Crippen LogP contribution in [0.15, 0.2) is 12.1 Å². The Hall–Kier alpha value is -1.22. The Morgan fingerprint density at radius 1 is 1.27 bits per heavy atom. The molecular formula is C19H32O3. The molecule has 0 radical (unpaired) electrons. The molecular weight excluding hydrogens is 276 g/mol. The summed E-state index contributed by atoms with van der Waals surface area (Å²) in [6.07, 6.45) is 3.76. The smallest absolute Gasteiger partial charge is 0.134 e. The van der Waals surface area contributed by atoms with Gasteiger partial charge >= 0.3 is 0 Å². The van der Waals surface area contributed by atoms with Crippen molar-refractivity contribution >= 4 is 0 Å². The van der Waals surface area contributed by atoms with Crippen molar-refractivity contribution in [2.24, 2.45) is 0 Å². The van der Waals surface area contributed by atoms with Gasteiger partial charge in [-0.15, -0.1) is 0 Å². The lowest BCUT2D eigenvalue weighted by Gasteiger charge is -2.37. The second-order valence-corrected chi connectivity index (χ2v) is 6.30. The molecule has 1 saturated carbocycles. The summed E-state index contributed by atoms with van der Waals surface area (Å²) in [6, 6.07) is 3.72. The minimum atomic E-state index is -0.789. The highest BCUT2D eigenvalue weighted by Crippen LogP contribution is 2.52. The van der Waals surface area contributed by atoms with Crippen LogP contribution in [0.3, 0.4) is 0 Å². The highest BCUT2D eigenvalue weighted by Gasteiger charge is 2.49. The molecule has 0 aromatic heterocycles. The highest BCUT2D eigenvalue weighted by molar-refractivity contribution is 5.53. The molecule has 22 heavy (non-hydrogen) atoms. The third kappa shape index (κ3) is 3.75. The number of hydrogen-bond donors (Lipinski definition) is 2. The standard InChI is InChI=1S/C14H18O3.C3H8.C2H6/c1-8-6-10(15)12-9-4-3-5-14(2,16)13(9)17-11(12)7-8;1-3-2;1-2/h6-7,9,13,15-16H,3-5H2,1-2H3;3H2,1-2H3;1-2H3. The fourth-order valence-electron chi connectivity index (χ4n) is 3.26. The average Bonchev–Trinajstić information content (AvgIpc) is 2.82. The van der Waals surface area contributed by atoms with Crippen LogP contribution >= 0.6 is 0 Å². The molecule has 1 aliphatic carbocycles. The van der Waals surface area contributed by atoms with E-state index in [9.17, 15) is 10.2 Å². The van der Waals surface area contributed by atoms with Gasteiger partial charge < -0.3 is 14.9 Å². The van der Waals surface area contributed by atoms with E-state index < -0.39 is 5.60 Å². The molecule has 1 aromatic carbocycles. The number of ether oxygens (including phenoxy) is 1. The Balaban J connectivity index is 0.000000435. The SMILES string of the molecule is CC.CCC.Cc1cc(O)c2c(c1)OC1C2CCCC1(C)O. The minimum Gasteiger partial charge on any atom is -0.508 e. The van der Waals surface area contributed by atoms with E-state index in [1.807, 2.05) is 33.8 Å². The van der Waals surface area contributed by atoms with Gasteiger partial charge in [-0.3, -0.25) is 0 Å². The Kier molecular flexibility index (Phi) is 6.73. The van der Waals surface area contributed by atoms with Crippen LogP contribution in [0, 0.1) is 6.92 Å². The fraction of sp³-hybridized carbons (Fsp3) is 0.684. The van der Waals surface area contributed by atoms with Gasteiger partial charge in [0.05, 0.1) is 5.60 Å². The summed E-state index contributed by atoms with van der Waals surface area (Å²) in [5, 5.41) is 20.4. The summed E-state index contributed by atoms with van der Waals surface area (Å²) in [5.74, 6) is 1.19. The van der Waals surface area contributed by atoms with Crippen LogP contribution in [-0.4, -0.2) is 21.9 Å². The van der Waals surface area contributed by atoms with Gasteiger partial charge in [-0.2, -0.15) is 0 Å². The quantitative estimate of drug-likeness (QED) is 0.715. The summed E-state index contributed by atoms with van der Waals surface area (Å²) < 4.78 is 5.88. The summed E-state index contributed by atoms with van der Waals surface area (Å²) in [4.78, 5) is 0. The number of aryl methyl sites for hydroxylation is 1. The van der Waals surface area contributed by atoms with E-state index in [1.54, 1.807) is 6.07 Å². The number of fused-ring (bicyclic) bond motifs is 3. The van der Waals surface area contributed by atoms with Crippen LogP contribution in [0.4, 0.5) is 0 Å². The molecule has 3 heteroatoms. The predicted molar refractivity (Wildman–Crippen MR) is 91.8 cm³/mol. The Labute approximate surface area is 135 Å². The highest BCUT2D eigenvalue weighted by atomic mass is 16.5. The zero-order valence-electron chi connectivity index (χ0n) is 14.9. The molecule has 0 bridgehead atoms. The molecule has 3 unspecified atom stereocenters. The van der Waals surface area contributed by atoms with Gasteiger partial charge in [-0.25, -0.2) is 0 Å². The number of aliphatic hydroxyl groups is 1. The van der Waals surface area contributed by atoms with Gasteiger partial charge in [0.2, 0.25) is 0 Å². The van der Waals surface area contributed by atoms with E-state index in [-0.39, 0.29) is 12.0 Å². The zero-order chi connectivity index (χ0) is 16.9. The lowest BCUT2D eigenvalue weighted by atomic mass is 9.74. The molecule has 3 atom stereocenters. The first-order valence-electron chi connectivity index (χ1n) is 8.63. The number of hydrogen-bond acceptors (Lipinski definition) is 3. The van der Waals surface area contributed by atoms with Crippen molar-refractivity contribution in [3.63, 3.8) is 0 Å². The molecule has 3 nitrogen and oxygen atoms in total. The largest absolute Gasteiger partial charge is 0.508 e. The predicted octanol–water partition coefficient (Wildman–Crippen LogP) is 4.92. The molecule has 126 valence electrons. The maximum Gasteiger partial charge on any atom is 0.134 e. The van der Waals surface area contributed by atoms with Gasteiger partial charge in [0, 0.05) is 11.5 Å². The Bertz CT molecular complexity index is 480. The minimum absolute atomic E-state index is 0.134. The number of aromatic hydroxyl groups is 1. The van der Waals surface area contributed by atoms with Gasteiger partial charge in [-0.05, 0) is 50.8 Å². The molecule has 1 aliphatic heterocycles. The van der Waals surface area contributed by atoms with Crippen molar-refractivity contribution in [3.05, 3.63) is 23.3 Å². The van der Waals surface area contributed by atoms with Crippen LogP contribution in [0.2, 0.25) is 0 Å². The summed E-state index contributed by atoms with van der Waals surface area (Å²) in [5.41, 5.74) is 1.09. The number of phenols is 1. The van der Waals surface area contributed by atoms with Crippen molar-refractivity contribution in [1.29, 1.82) is 0 Å². The molecule has 1 aromatic rings. The number of benzene rings is 1. The molecule has 0 spiro atoms. The van der Waals surface area contributed by atoms with Crippen LogP contribution in [0.1, 0.15) is 77.3 Å². The van der Waals surface area contributed by atoms with Gasteiger partial charge in [-0.1, -0.05) is 34.1 Å². The first kappa shape index (κ1) is 18.8. The molecule has 2 N–H and O–H groups in total. The number of phenolic OH excluding ortho intramolecular Hbond substituents is 1. The van der Waals surface area contributed by atoms with E-state index in [0.717, 1.165) is 36.1 Å². The van der Waals surface area contributed by atoms with Crippen LogP contribution in [0.25, 0.3) is 0 Å². The summed E-state index contributed by atoms with van der Waals surface area (Å²) in [6.45, 7) is 12.0. The van der Waals surface area contributed by atoms with Crippen molar-refractivity contribution in [1.82, 2.24) is 0 Å². The van der Waals surface area contributed by atoms with E-state index in [4.69, 9.17) is 4.74 Å². The van der Waals surface area contributed by atoms with Gasteiger partial charge in [0.1, 0.15) is 17.6 Å². The topological polar surface area (TPSA) is 49.7 Å². The monoisotopic (exact) mass is 308 g/mol. The van der Waals surface area contributed by atoms with E-state index in [2.05, 4.69) is 13.8 Å². The molecule has 2 aliphatic rings. The van der Waals surface area contributed by atoms with E-state index in [1.165, 1.54) is 6.42 Å². The van der Waals surface area contributed by atoms with Crippen LogP contribution in [0.5, 0.6) is 11.5 Å². The second kappa shape index (κ2) is 7.87. The molecule has 0 amide bonds. The van der Waals surface area contributed by atoms with Crippen LogP contribution < -0.4 is 4.74 Å². The molecule has 1 heterocycles. The first-order chi connectivity index (χ1) is 10.4. The summed E-state index contributed by atoms with van der Waals surface area (Å²) >= 11 is 0. The van der Waals surface area contributed by atoms with Crippen molar-refractivity contribution < 1.29 is 14.9 Å². The van der Waals surface area contributed by atoms with E-state index in [0.29, 0.717) is 5.75 Å². The first-order valence-corrected chi connectivity index (χ1v) is 8.63. The zero-order valence-corrected chi connectivity index (χ0v) is 14.9. The van der Waals surface area contributed by atoms with Crippen molar-refractivity contribution in [2.45, 2.75) is 84.8 Å². The van der Waals surface area contributed by atoms with E-state index >= 15 is 0 Å². The molecule has 1 fully saturated rings. The molecule has 0 saturated heterocycles. The maximum absolute atomic E-state index is 10.4. The Morgan fingerprint density at radius 2 is 1.86 bits per heavy atom. The third-order valence-corrected chi connectivity index (χ3v) is 4.07. The fourth-order valence-corrected chi connectivity index (χ4v) is 3.26. The average molecular weight is 308 g/mol. The van der Waals surface area contributed by atoms with Gasteiger partial charge in [0.15, 0.2) is 0 Å². The lowest BCUT2D eigenvalue weighted by Crippen LogP contribution is -2.47. The second-order valence-electron chi connectivity index (χ2n) is 6.30. The maximum atomic E-state index is 10.4. The molecule has 3 rings (SSSR count). The Morgan fingerprint density at radius 3 is 2.45 bits per heavy atom. The normalized spacial score (nSPS) is 28.1. The van der Waals surface area contributed by atoms with Gasteiger partial charge in [0.25, 0.3) is 0 Å². The lowest BCUT2D eigenvalue weighted by molar-refractivity contribution is -0.0725.